The third-order valence-electron chi connectivity index (χ3n) is 13.6. The number of fused-ring (bicyclic) bond motifs is 4. The average molecular weight is 1260 g/mol. The molecule has 3 aliphatic rings. The van der Waals surface area contributed by atoms with E-state index in [0.717, 1.165) is 12.1 Å². The predicted octanol–water partition coefficient (Wildman–Crippen LogP) is 3.20. The molecule has 440 valence electrons. The maximum Gasteiger partial charge on any atom is 0.322 e. The Balaban J connectivity index is 1.64. The fourth-order valence-corrected chi connectivity index (χ4v) is 14.5. The summed E-state index contributed by atoms with van der Waals surface area (Å²) >= 11 is 0. The first kappa shape index (κ1) is 63.8. The van der Waals surface area contributed by atoms with Crippen LogP contribution in [0.2, 0.25) is 0 Å². The summed E-state index contributed by atoms with van der Waals surface area (Å²) in [5, 5.41) is 2.02. The van der Waals surface area contributed by atoms with Crippen LogP contribution in [0.5, 0.6) is 0 Å². The SMILES string of the molecule is CCOC(=O)C1(C(=O)NCCS(=O)(=O)O)CC(=CC=C2N(CCCS(=O)(=O)O)c3cc(S(=O)(=O)O)cc(S(=O)(=O)O)c3C2(C)C)C=C(C=CC2=[N+](CCCS(=O)(=O)O)c3ccc4c(S(=O)(=O)O)cc(S(=O)(=O)O)cc4c3C2(C)C)C1. The second-order valence-corrected chi connectivity index (χ2v) is 30.3. The minimum absolute atomic E-state index is 0.0474. The molecule has 3 aromatic rings. The van der Waals surface area contributed by atoms with Gasteiger partial charge in [0.2, 0.25) is 11.6 Å². The molecule has 0 saturated heterocycles. The van der Waals surface area contributed by atoms with Crippen molar-refractivity contribution in [1.82, 2.24) is 5.32 Å². The van der Waals surface area contributed by atoms with Gasteiger partial charge in [-0.3, -0.25) is 41.5 Å². The highest BCUT2D eigenvalue weighted by Gasteiger charge is 2.51. The van der Waals surface area contributed by atoms with Crippen molar-refractivity contribution >= 4 is 111 Å². The number of benzene rings is 3. The summed E-state index contributed by atoms with van der Waals surface area (Å²) in [7, 11) is -34.7. The van der Waals surface area contributed by atoms with Crippen molar-refractivity contribution in [3.63, 3.8) is 0 Å². The zero-order valence-electron chi connectivity index (χ0n) is 43.0. The molecule has 1 aliphatic carbocycles. The lowest BCUT2D eigenvalue weighted by molar-refractivity contribution is -0.437. The Morgan fingerprint density at radius 1 is 0.650 bits per heavy atom. The zero-order valence-corrected chi connectivity index (χ0v) is 48.7. The second-order valence-electron chi connectivity index (χ2n) is 20.0. The van der Waals surface area contributed by atoms with Gasteiger partial charge in [-0.25, -0.2) is 0 Å². The van der Waals surface area contributed by atoms with E-state index in [1.807, 2.05) is 0 Å². The number of amides is 1. The molecule has 34 heteroatoms. The van der Waals surface area contributed by atoms with E-state index in [1.54, 1.807) is 18.4 Å². The molecular weight excluding hydrogens is 1200 g/mol. The van der Waals surface area contributed by atoms with E-state index in [4.69, 9.17) is 4.74 Å². The van der Waals surface area contributed by atoms with Crippen LogP contribution >= 0.6 is 0 Å². The molecule has 0 fully saturated rings. The molecule has 0 aromatic heterocycles. The topological polar surface area (TPSA) is 442 Å². The number of nitrogens with zero attached hydrogens (tertiary/aromatic N) is 2. The molecule has 0 saturated carbocycles. The number of nitrogens with one attached hydrogen (secondary N) is 1. The van der Waals surface area contributed by atoms with E-state index in [0.29, 0.717) is 12.1 Å². The van der Waals surface area contributed by atoms with Gasteiger partial charge in [0.15, 0.2) is 11.1 Å². The number of carbonyl (C=O) groups excluding carboxylic acids is 2. The highest BCUT2D eigenvalue weighted by Crippen LogP contribution is 2.52. The minimum Gasteiger partial charge on any atom is -0.465 e. The number of allylic oxidation sites excluding steroid dienone is 8. The molecule has 27 nitrogen and oxygen atoms in total. The van der Waals surface area contributed by atoms with E-state index in [1.165, 1.54) is 68.2 Å². The highest BCUT2D eigenvalue weighted by atomic mass is 32.2. The zero-order chi connectivity index (χ0) is 60.4. The molecule has 8 N–H and O–H groups in total. The first-order chi connectivity index (χ1) is 36.3. The largest absolute Gasteiger partial charge is 0.465 e. The number of carbonyl (C=O) groups is 2. The summed E-state index contributed by atoms with van der Waals surface area (Å²) in [6, 6.07) is 5.50. The van der Waals surface area contributed by atoms with Gasteiger partial charge < -0.3 is 15.0 Å². The van der Waals surface area contributed by atoms with Crippen LogP contribution in [0.4, 0.5) is 11.4 Å². The van der Waals surface area contributed by atoms with Gasteiger partial charge in [-0.2, -0.15) is 63.5 Å². The smallest absolute Gasteiger partial charge is 0.322 e. The molecule has 1 amide bonds. The first-order valence-corrected chi connectivity index (χ1v) is 34.2. The molecule has 6 rings (SSSR count). The Bertz CT molecular complexity index is 4120. The average Bonchev–Trinajstić information content (AvgIpc) is 3.64. The van der Waals surface area contributed by atoms with Crippen LogP contribution in [0.1, 0.15) is 71.4 Å². The Morgan fingerprint density at radius 3 is 1.76 bits per heavy atom. The lowest BCUT2D eigenvalue weighted by Gasteiger charge is -2.34. The predicted molar refractivity (Wildman–Crippen MR) is 286 cm³/mol. The summed E-state index contributed by atoms with van der Waals surface area (Å²) in [4.78, 5) is 26.3. The van der Waals surface area contributed by atoms with Crippen LogP contribution in [0.3, 0.4) is 0 Å². The molecule has 1 atom stereocenters. The molecule has 0 radical (unpaired) electrons. The van der Waals surface area contributed by atoms with Crippen molar-refractivity contribution in [1.29, 1.82) is 0 Å². The van der Waals surface area contributed by atoms with Crippen LogP contribution in [0.25, 0.3) is 10.8 Å². The van der Waals surface area contributed by atoms with E-state index in [9.17, 15) is 100 Å². The van der Waals surface area contributed by atoms with Gasteiger partial charge in [0.1, 0.15) is 16.3 Å². The maximum atomic E-state index is 14.5. The molecule has 2 aliphatic heterocycles. The maximum absolute atomic E-state index is 14.5. The van der Waals surface area contributed by atoms with Crippen molar-refractivity contribution < 1.29 is 110 Å². The second kappa shape index (κ2) is 22.1. The van der Waals surface area contributed by atoms with Crippen LogP contribution in [0.15, 0.2) is 103 Å². The van der Waals surface area contributed by atoms with Crippen LogP contribution in [-0.4, -0.2) is 156 Å². The Kier molecular flexibility index (Phi) is 17.6. The van der Waals surface area contributed by atoms with Gasteiger partial charge in [0, 0.05) is 65.0 Å². The third-order valence-corrected chi connectivity index (χ3v) is 19.3. The standard InChI is InChI=1S/C46H55N3O24S7/c1-6-73-43(51)46(42(50)47-15-20-76(58,59)60)26-28(21-29(27-46)10-14-39-45(4,5)41-35(49(39)17-8-19-75(55,56)57)23-31(78(64,65)66)25-37(41)80(70,71)72)9-13-38-44(2,3)40-33-22-30(77(61,62)63)24-36(79(67,68)69)32(33)11-12-34(40)48(38)16-7-18-74(52,53)54/h9-14,21-25H,6-8,15-20,26-27H2,1-5H3,(H7-,47,50,52,53,54,55,56,57,58,59,60,61,62,63,64,65,66,67,68,69,70,71,72)/p+1. The fraction of sp³-hybridized carbons (Fsp3) is 0.413. The molecule has 2 heterocycles. The number of ether oxygens (including phenoxy) is 1. The molecule has 0 spiro atoms. The quantitative estimate of drug-likeness (QED) is 0.0328. The van der Waals surface area contributed by atoms with Crippen LogP contribution < -0.4 is 10.2 Å². The third kappa shape index (κ3) is 13.9. The van der Waals surface area contributed by atoms with E-state index in [2.05, 4.69) is 5.32 Å². The van der Waals surface area contributed by atoms with Crippen molar-refractivity contribution in [2.45, 2.75) is 90.7 Å². The number of esters is 1. The molecule has 80 heavy (non-hydrogen) atoms. The Hall–Kier alpha value is -5.34. The molecule has 0 bridgehead atoms. The summed E-state index contributed by atoms with van der Waals surface area (Å²) in [6.45, 7) is 5.83. The summed E-state index contributed by atoms with van der Waals surface area (Å²) < 4.78 is 249. The number of hydrogen-bond donors (Lipinski definition) is 8. The lowest BCUT2D eigenvalue weighted by Crippen LogP contribution is -2.49. The van der Waals surface area contributed by atoms with Crippen LogP contribution in [-0.2, 0) is 96.0 Å². The van der Waals surface area contributed by atoms with Crippen molar-refractivity contribution in [2.24, 2.45) is 5.41 Å². The van der Waals surface area contributed by atoms with Gasteiger partial charge in [0.05, 0.1) is 39.1 Å². The van der Waals surface area contributed by atoms with Gasteiger partial charge >= 0.3 is 5.97 Å². The van der Waals surface area contributed by atoms with Crippen LogP contribution in [0, 0.1) is 5.41 Å². The minimum atomic E-state index is -5.31. The Morgan fingerprint density at radius 2 is 1.21 bits per heavy atom. The van der Waals surface area contributed by atoms with Gasteiger partial charge in [-0.1, -0.05) is 32.1 Å². The summed E-state index contributed by atoms with van der Waals surface area (Å²) in [5.74, 6) is -4.91. The van der Waals surface area contributed by atoms with Crippen molar-refractivity contribution in [3.05, 3.63) is 94.7 Å². The summed E-state index contributed by atoms with van der Waals surface area (Å²) in [5.41, 5.74) is -4.90. The van der Waals surface area contributed by atoms with E-state index >= 15 is 0 Å². The van der Waals surface area contributed by atoms with E-state index in [-0.39, 0.29) is 75.4 Å². The molecule has 1 unspecified atom stereocenters. The Labute approximate surface area is 462 Å². The monoisotopic (exact) mass is 1260 g/mol. The van der Waals surface area contributed by atoms with Crippen molar-refractivity contribution in [2.75, 3.05) is 48.4 Å². The van der Waals surface area contributed by atoms with Gasteiger partial charge in [0.25, 0.3) is 70.8 Å². The number of rotatable bonds is 21. The van der Waals surface area contributed by atoms with Gasteiger partial charge in [-0.15, -0.1) is 0 Å². The fourth-order valence-electron chi connectivity index (χ4n) is 10.3. The highest BCUT2D eigenvalue weighted by molar-refractivity contribution is 7.87. The van der Waals surface area contributed by atoms with Crippen molar-refractivity contribution in [3.8, 4) is 0 Å². The summed E-state index contributed by atoms with van der Waals surface area (Å²) in [6.07, 6.45) is 5.23. The normalized spacial score (nSPS) is 19.9. The van der Waals surface area contributed by atoms with E-state index < -0.39 is 168 Å². The first-order valence-electron chi connectivity index (χ1n) is 23.6. The van der Waals surface area contributed by atoms with Gasteiger partial charge in [-0.05, 0) is 93.0 Å². The molecule has 3 aromatic carbocycles. The lowest BCUT2D eigenvalue weighted by atomic mass is 9.70. The molecular formula is C46H56N3O24S7+. The number of hydrogen-bond acceptors (Lipinski definition) is 18. The number of anilines is 1.